The molecular weight excluding hydrogens is 193 g/mol. The van der Waals surface area contributed by atoms with Gasteiger partial charge in [0.2, 0.25) is 0 Å². The van der Waals surface area contributed by atoms with Crippen LogP contribution in [0.25, 0.3) is 0 Å². The number of rotatable bonds is 2. The Kier molecular flexibility index (Phi) is 2.98. The molecule has 2 N–H and O–H groups in total. The van der Waals surface area contributed by atoms with Crippen LogP contribution in [0.4, 0.5) is 18.9 Å². The van der Waals surface area contributed by atoms with E-state index in [2.05, 4.69) is 4.98 Å². The first kappa shape index (κ1) is 10.8. The number of nitrogen functional groups attached to an aromatic ring is 1. The van der Waals surface area contributed by atoms with Gasteiger partial charge in [0, 0.05) is 11.4 Å². The van der Waals surface area contributed by atoms with Crippen molar-refractivity contribution in [3.63, 3.8) is 0 Å². The summed E-state index contributed by atoms with van der Waals surface area (Å²) in [6.45, 7) is 1.87. The van der Waals surface area contributed by atoms with Crippen molar-refractivity contribution in [1.82, 2.24) is 4.98 Å². The van der Waals surface area contributed by atoms with Crippen LogP contribution in [-0.4, -0.2) is 4.98 Å². The zero-order valence-electron chi connectivity index (χ0n) is 7.73. The van der Waals surface area contributed by atoms with E-state index in [9.17, 15) is 13.2 Å². The van der Waals surface area contributed by atoms with E-state index in [1.165, 1.54) is 6.07 Å². The molecule has 0 radical (unpaired) electrons. The molecule has 14 heavy (non-hydrogen) atoms. The summed E-state index contributed by atoms with van der Waals surface area (Å²) in [4.78, 5) is 3.49. The smallest absolute Gasteiger partial charge is 0.399 e. The van der Waals surface area contributed by atoms with Crippen LogP contribution >= 0.6 is 0 Å². The number of hydrogen-bond donors (Lipinski definition) is 1. The Morgan fingerprint density at radius 3 is 2.50 bits per heavy atom. The fourth-order valence-corrected chi connectivity index (χ4v) is 1.14. The van der Waals surface area contributed by atoms with Crippen molar-refractivity contribution in [3.8, 4) is 0 Å². The van der Waals surface area contributed by atoms with E-state index >= 15 is 0 Å². The highest BCUT2D eigenvalue weighted by Gasteiger charge is 2.32. The minimum Gasteiger partial charge on any atom is -0.399 e. The lowest BCUT2D eigenvalue weighted by Gasteiger charge is -2.08. The van der Waals surface area contributed by atoms with Gasteiger partial charge in [-0.3, -0.25) is 0 Å². The Bertz CT molecular complexity index is 320. The van der Waals surface area contributed by atoms with Crippen LogP contribution in [0.3, 0.4) is 0 Å². The number of anilines is 1. The maximum atomic E-state index is 12.3. The van der Waals surface area contributed by atoms with Crippen LogP contribution in [0.1, 0.15) is 24.7 Å². The Morgan fingerprint density at radius 2 is 2.00 bits per heavy atom. The minimum atomic E-state index is -4.42. The third-order valence-electron chi connectivity index (χ3n) is 1.70. The standard InChI is InChI=1S/C9H11F3N2/c1-2-3-7-4-6(13)5-8(14-7)9(10,11)12/h4-5H,2-3H2,1H3,(H2,13,14). The topological polar surface area (TPSA) is 38.9 Å². The highest BCUT2D eigenvalue weighted by Crippen LogP contribution is 2.29. The van der Waals surface area contributed by atoms with Crippen molar-refractivity contribution in [2.24, 2.45) is 0 Å². The van der Waals surface area contributed by atoms with Crippen LogP contribution in [-0.2, 0) is 12.6 Å². The molecule has 0 fully saturated rings. The fraction of sp³-hybridized carbons (Fsp3) is 0.444. The van der Waals surface area contributed by atoms with Gasteiger partial charge in [0.15, 0.2) is 0 Å². The zero-order valence-corrected chi connectivity index (χ0v) is 7.73. The van der Waals surface area contributed by atoms with Crippen LogP contribution in [0.15, 0.2) is 12.1 Å². The maximum absolute atomic E-state index is 12.3. The van der Waals surface area contributed by atoms with Gasteiger partial charge in [-0.05, 0) is 18.6 Å². The van der Waals surface area contributed by atoms with Crippen LogP contribution < -0.4 is 5.73 Å². The van der Waals surface area contributed by atoms with Crippen LogP contribution in [0.2, 0.25) is 0 Å². The van der Waals surface area contributed by atoms with Crippen molar-refractivity contribution in [1.29, 1.82) is 0 Å². The number of halogens is 3. The number of pyridine rings is 1. The van der Waals surface area contributed by atoms with E-state index in [1.54, 1.807) is 0 Å². The molecule has 0 aromatic carbocycles. The highest BCUT2D eigenvalue weighted by molar-refractivity contribution is 5.41. The zero-order chi connectivity index (χ0) is 10.8. The molecule has 0 saturated heterocycles. The van der Waals surface area contributed by atoms with Gasteiger partial charge >= 0.3 is 6.18 Å². The van der Waals surface area contributed by atoms with Crippen molar-refractivity contribution >= 4 is 5.69 Å². The Morgan fingerprint density at radius 1 is 1.36 bits per heavy atom. The lowest BCUT2D eigenvalue weighted by Crippen LogP contribution is -2.10. The van der Waals surface area contributed by atoms with Crippen LogP contribution in [0, 0.1) is 0 Å². The third-order valence-corrected chi connectivity index (χ3v) is 1.70. The quantitative estimate of drug-likeness (QED) is 0.804. The molecule has 2 nitrogen and oxygen atoms in total. The normalized spacial score (nSPS) is 11.7. The Hall–Kier alpha value is -1.26. The van der Waals surface area contributed by atoms with Gasteiger partial charge in [-0.15, -0.1) is 0 Å². The first-order valence-electron chi connectivity index (χ1n) is 4.27. The molecule has 1 rings (SSSR count). The summed E-state index contributed by atoms with van der Waals surface area (Å²) in [6.07, 6.45) is -3.17. The molecule has 0 aliphatic carbocycles. The molecule has 0 bridgehead atoms. The molecule has 0 amide bonds. The largest absolute Gasteiger partial charge is 0.433 e. The summed E-state index contributed by atoms with van der Waals surface area (Å²) in [5.41, 5.74) is 4.93. The van der Waals surface area contributed by atoms with Gasteiger partial charge in [0.1, 0.15) is 5.69 Å². The summed E-state index contributed by atoms with van der Waals surface area (Å²) >= 11 is 0. The molecule has 1 aromatic rings. The average Bonchev–Trinajstić information content (AvgIpc) is 2.02. The number of aryl methyl sites for hydroxylation is 1. The first-order valence-corrected chi connectivity index (χ1v) is 4.27. The van der Waals surface area contributed by atoms with E-state index in [1.807, 2.05) is 6.92 Å². The lowest BCUT2D eigenvalue weighted by molar-refractivity contribution is -0.141. The van der Waals surface area contributed by atoms with E-state index in [0.29, 0.717) is 12.1 Å². The van der Waals surface area contributed by atoms with Crippen LogP contribution in [0.5, 0.6) is 0 Å². The lowest BCUT2D eigenvalue weighted by atomic mass is 10.2. The van der Waals surface area contributed by atoms with Crippen molar-refractivity contribution in [2.75, 3.05) is 5.73 Å². The molecule has 5 heteroatoms. The monoisotopic (exact) mass is 204 g/mol. The first-order chi connectivity index (χ1) is 6.43. The summed E-state index contributed by atoms with van der Waals surface area (Å²) < 4.78 is 36.8. The predicted molar refractivity (Wildman–Crippen MR) is 47.6 cm³/mol. The van der Waals surface area contributed by atoms with E-state index < -0.39 is 11.9 Å². The van der Waals surface area contributed by atoms with Gasteiger partial charge in [0.05, 0.1) is 0 Å². The van der Waals surface area contributed by atoms with Gasteiger partial charge in [0.25, 0.3) is 0 Å². The molecule has 0 unspecified atom stereocenters. The number of nitrogens with two attached hydrogens (primary N) is 1. The van der Waals surface area contributed by atoms with E-state index in [-0.39, 0.29) is 5.69 Å². The predicted octanol–water partition coefficient (Wildman–Crippen LogP) is 2.64. The molecule has 0 atom stereocenters. The molecule has 0 saturated carbocycles. The summed E-state index contributed by atoms with van der Waals surface area (Å²) in [7, 11) is 0. The molecule has 1 heterocycles. The SMILES string of the molecule is CCCc1cc(N)cc(C(F)(F)F)n1. The molecule has 78 valence electrons. The maximum Gasteiger partial charge on any atom is 0.433 e. The highest BCUT2D eigenvalue weighted by atomic mass is 19.4. The van der Waals surface area contributed by atoms with Crippen molar-refractivity contribution in [2.45, 2.75) is 25.9 Å². The number of nitrogens with zero attached hydrogens (tertiary/aromatic N) is 1. The fourth-order valence-electron chi connectivity index (χ4n) is 1.14. The second-order valence-corrected chi connectivity index (χ2v) is 3.02. The van der Waals surface area contributed by atoms with Gasteiger partial charge in [-0.2, -0.15) is 13.2 Å². The van der Waals surface area contributed by atoms with E-state index in [4.69, 9.17) is 5.73 Å². The summed E-state index contributed by atoms with van der Waals surface area (Å²) in [6, 6.07) is 2.32. The second-order valence-electron chi connectivity index (χ2n) is 3.02. The van der Waals surface area contributed by atoms with Crippen molar-refractivity contribution < 1.29 is 13.2 Å². The average molecular weight is 204 g/mol. The second kappa shape index (κ2) is 3.86. The third kappa shape index (κ3) is 2.61. The number of aromatic nitrogens is 1. The van der Waals surface area contributed by atoms with Crippen molar-refractivity contribution in [3.05, 3.63) is 23.5 Å². The molecular formula is C9H11F3N2. The number of hydrogen-bond acceptors (Lipinski definition) is 2. The molecule has 0 spiro atoms. The van der Waals surface area contributed by atoms with Gasteiger partial charge < -0.3 is 5.73 Å². The number of alkyl halides is 3. The van der Waals surface area contributed by atoms with Gasteiger partial charge in [-0.1, -0.05) is 13.3 Å². The van der Waals surface area contributed by atoms with E-state index in [0.717, 1.165) is 12.5 Å². The summed E-state index contributed by atoms with van der Waals surface area (Å²) in [5, 5.41) is 0. The molecule has 0 aliphatic rings. The Labute approximate surface area is 79.9 Å². The summed E-state index contributed by atoms with van der Waals surface area (Å²) in [5.74, 6) is 0. The molecule has 0 aliphatic heterocycles. The minimum absolute atomic E-state index is 0.107. The molecule has 1 aromatic heterocycles. The van der Waals surface area contributed by atoms with Gasteiger partial charge in [-0.25, -0.2) is 4.98 Å². The Balaban J connectivity index is 3.07.